The van der Waals surface area contributed by atoms with Gasteiger partial charge in [-0.25, -0.2) is 0 Å². The third kappa shape index (κ3) is 3.76. The van der Waals surface area contributed by atoms with Crippen LogP contribution in [0.1, 0.15) is 51.4 Å². The number of hydrogen-bond donors (Lipinski definition) is 2. The summed E-state index contributed by atoms with van der Waals surface area (Å²) in [5.74, 6) is 1.79. The van der Waals surface area contributed by atoms with Crippen LogP contribution in [0.15, 0.2) is 0 Å². The second kappa shape index (κ2) is 5.86. The van der Waals surface area contributed by atoms with E-state index in [0.29, 0.717) is 0 Å². The van der Waals surface area contributed by atoms with Crippen molar-refractivity contribution in [2.45, 2.75) is 57.5 Å². The van der Waals surface area contributed by atoms with Crippen molar-refractivity contribution >= 4 is 0 Å². The van der Waals surface area contributed by atoms with Gasteiger partial charge in [-0.1, -0.05) is 12.8 Å². The molecule has 2 aliphatic rings. The number of hydrogen-bond acceptors (Lipinski definition) is 2. The molecule has 2 nitrogen and oxygen atoms in total. The minimum absolute atomic E-state index is 0.00363. The molecule has 2 heteroatoms. The average Bonchev–Trinajstić information content (AvgIpc) is 2.74. The molecule has 0 amide bonds. The van der Waals surface area contributed by atoms with Gasteiger partial charge in [0, 0.05) is 0 Å². The van der Waals surface area contributed by atoms with Crippen LogP contribution in [0.2, 0.25) is 0 Å². The third-order valence-corrected chi connectivity index (χ3v) is 4.16. The Balaban J connectivity index is 1.53. The van der Waals surface area contributed by atoms with Crippen molar-refractivity contribution in [2.75, 3.05) is 13.1 Å². The molecule has 0 heterocycles. The molecular weight excluding hydrogens is 186 g/mol. The van der Waals surface area contributed by atoms with Gasteiger partial charge in [0.05, 0.1) is 6.10 Å². The Morgan fingerprint density at radius 1 is 0.800 bits per heavy atom. The molecule has 0 aromatic rings. The molecule has 2 N–H and O–H groups in total. The predicted molar refractivity (Wildman–Crippen MR) is 62.8 cm³/mol. The van der Waals surface area contributed by atoms with Crippen LogP contribution in [0.4, 0.5) is 0 Å². The fraction of sp³-hybridized carbons (Fsp3) is 1.00. The lowest BCUT2D eigenvalue weighted by molar-refractivity contribution is 0.108. The van der Waals surface area contributed by atoms with E-state index in [1.54, 1.807) is 0 Å². The van der Waals surface area contributed by atoms with E-state index in [4.69, 9.17) is 0 Å². The van der Waals surface area contributed by atoms with E-state index in [9.17, 15) is 5.11 Å². The second-order valence-electron chi connectivity index (χ2n) is 5.48. The van der Waals surface area contributed by atoms with Crippen LogP contribution in [0.3, 0.4) is 0 Å². The first-order chi connectivity index (χ1) is 7.34. The van der Waals surface area contributed by atoms with Gasteiger partial charge in [0.15, 0.2) is 0 Å². The molecule has 0 aliphatic heterocycles. The van der Waals surface area contributed by atoms with Crippen LogP contribution < -0.4 is 5.32 Å². The van der Waals surface area contributed by atoms with E-state index in [-0.39, 0.29) is 6.10 Å². The summed E-state index contributed by atoms with van der Waals surface area (Å²) in [4.78, 5) is 0. The van der Waals surface area contributed by atoms with Gasteiger partial charge < -0.3 is 10.4 Å². The molecule has 88 valence electrons. The number of aliphatic hydroxyl groups excluding tert-OH is 1. The molecule has 0 aromatic carbocycles. The monoisotopic (exact) mass is 211 g/mol. The van der Waals surface area contributed by atoms with Crippen LogP contribution >= 0.6 is 0 Å². The van der Waals surface area contributed by atoms with Crippen molar-refractivity contribution in [1.29, 1.82) is 0 Å². The molecule has 0 bridgehead atoms. The van der Waals surface area contributed by atoms with Crippen molar-refractivity contribution < 1.29 is 5.11 Å². The average molecular weight is 211 g/mol. The Kier molecular flexibility index (Phi) is 4.45. The molecule has 0 spiro atoms. The summed E-state index contributed by atoms with van der Waals surface area (Å²) < 4.78 is 0. The Morgan fingerprint density at radius 2 is 1.33 bits per heavy atom. The minimum Gasteiger partial charge on any atom is -0.393 e. The van der Waals surface area contributed by atoms with Crippen molar-refractivity contribution in [3.8, 4) is 0 Å². The summed E-state index contributed by atoms with van der Waals surface area (Å²) in [5.41, 5.74) is 0. The number of aliphatic hydroxyl groups is 1. The maximum absolute atomic E-state index is 9.40. The van der Waals surface area contributed by atoms with Gasteiger partial charge in [0.2, 0.25) is 0 Å². The summed E-state index contributed by atoms with van der Waals surface area (Å²) >= 11 is 0. The molecule has 0 saturated heterocycles. The smallest absolute Gasteiger partial charge is 0.0540 e. The van der Waals surface area contributed by atoms with Crippen molar-refractivity contribution in [1.82, 2.24) is 5.32 Å². The van der Waals surface area contributed by atoms with E-state index in [1.165, 1.54) is 51.6 Å². The summed E-state index contributed by atoms with van der Waals surface area (Å²) in [7, 11) is 0. The molecule has 15 heavy (non-hydrogen) atoms. The molecule has 2 saturated carbocycles. The maximum atomic E-state index is 9.40. The van der Waals surface area contributed by atoms with Gasteiger partial charge in [-0.05, 0) is 63.5 Å². The fourth-order valence-electron chi connectivity index (χ4n) is 3.06. The highest BCUT2D eigenvalue weighted by molar-refractivity contribution is 4.75. The molecular formula is C13H25NO. The van der Waals surface area contributed by atoms with Crippen molar-refractivity contribution in [3.05, 3.63) is 0 Å². The fourth-order valence-corrected chi connectivity index (χ4v) is 3.06. The third-order valence-electron chi connectivity index (χ3n) is 4.16. The highest BCUT2D eigenvalue weighted by Gasteiger charge is 2.20. The molecule has 2 aliphatic carbocycles. The second-order valence-corrected chi connectivity index (χ2v) is 5.48. The molecule has 0 aromatic heterocycles. The van der Waals surface area contributed by atoms with E-state index in [2.05, 4.69) is 5.32 Å². The SMILES string of the molecule is OC1CCC(CNCC2CCCC2)CC1. The van der Waals surface area contributed by atoms with Gasteiger partial charge in [-0.3, -0.25) is 0 Å². The van der Waals surface area contributed by atoms with Gasteiger partial charge in [-0.15, -0.1) is 0 Å². The van der Waals surface area contributed by atoms with Gasteiger partial charge in [0.1, 0.15) is 0 Å². The standard InChI is InChI=1S/C13H25NO/c15-13-7-5-12(6-8-13)10-14-9-11-3-1-2-4-11/h11-15H,1-10H2. The van der Waals surface area contributed by atoms with Crippen LogP contribution in [-0.4, -0.2) is 24.3 Å². The van der Waals surface area contributed by atoms with Gasteiger partial charge in [-0.2, -0.15) is 0 Å². The van der Waals surface area contributed by atoms with Crippen LogP contribution in [0.25, 0.3) is 0 Å². The quantitative estimate of drug-likeness (QED) is 0.748. The molecule has 0 unspecified atom stereocenters. The summed E-state index contributed by atoms with van der Waals surface area (Å²) in [6, 6.07) is 0. The van der Waals surface area contributed by atoms with Gasteiger partial charge in [0.25, 0.3) is 0 Å². The van der Waals surface area contributed by atoms with Crippen molar-refractivity contribution in [2.24, 2.45) is 11.8 Å². The Morgan fingerprint density at radius 3 is 1.93 bits per heavy atom. The lowest BCUT2D eigenvalue weighted by Crippen LogP contribution is -2.30. The lowest BCUT2D eigenvalue weighted by atomic mass is 9.87. The first kappa shape index (κ1) is 11.4. The molecule has 0 radical (unpaired) electrons. The first-order valence-electron chi connectivity index (χ1n) is 6.73. The summed E-state index contributed by atoms with van der Waals surface area (Å²) in [6.07, 6.45) is 10.3. The van der Waals surface area contributed by atoms with E-state index in [0.717, 1.165) is 24.7 Å². The zero-order chi connectivity index (χ0) is 10.5. The van der Waals surface area contributed by atoms with Crippen LogP contribution in [0.5, 0.6) is 0 Å². The Bertz CT molecular complexity index is 169. The van der Waals surface area contributed by atoms with E-state index < -0.39 is 0 Å². The topological polar surface area (TPSA) is 32.3 Å². The molecule has 2 fully saturated rings. The highest BCUT2D eigenvalue weighted by Crippen LogP contribution is 2.25. The summed E-state index contributed by atoms with van der Waals surface area (Å²) in [6.45, 7) is 2.42. The Labute approximate surface area is 93.5 Å². The number of nitrogens with one attached hydrogen (secondary N) is 1. The Hall–Kier alpha value is -0.0800. The highest BCUT2D eigenvalue weighted by atomic mass is 16.3. The first-order valence-corrected chi connectivity index (χ1v) is 6.73. The lowest BCUT2D eigenvalue weighted by Gasteiger charge is -2.26. The maximum Gasteiger partial charge on any atom is 0.0540 e. The van der Waals surface area contributed by atoms with Gasteiger partial charge >= 0.3 is 0 Å². The van der Waals surface area contributed by atoms with E-state index >= 15 is 0 Å². The van der Waals surface area contributed by atoms with Crippen LogP contribution in [-0.2, 0) is 0 Å². The largest absolute Gasteiger partial charge is 0.393 e. The van der Waals surface area contributed by atoms with Crippen molar-refractivity contribution in [3.63, 3.8) is 0 Å². The van der Waals surface area contributed by atoms with E-state index in [1.807, 2.05) is 0 Å². The predicted octanol–water partition coefficient (Wildman–Crippen LogP) is 2.32. The molecule has 2 rings (SSSR count). The van der Waals surface area contributed by atoms with Crippen LogP contribution in [0, 0.1) is 11.8 Å². The zero-order valence-electron chi connectivity index (χ0n) is 9.75. The normalized spacial score (nSPS) is 33.4. The zero-order valence-corrected chi connectivity index (χ0v) is 9.75. The summed E-state index contributed by atoms with van der Waals surface area (Å²) in [5, 5.41) is 13.0. The molecule has 0 atom stereocenters. The number of rotatable bonds is 4. The minimum atomic E-state index is -0.00363.